The van der Waals surface area contributed by atoms with Crippen LogP contribution in [-0.2, 0) is 42.8 Å². The van der Waals surface area contributed by atoms with E-state index in [9.17, 15) is 55.2 Å². The lowest BCUT2D eigenvalue weighted by molar-refractivity contribution is -0.365. The first-order valence-corrected chi connectivity index (χ1v) is 13.1. The zero-order chi connectivity index (χ0) is 32.3. The largest absolute Gasteiger partial charge is 0.479 e. The van der Waals surface area contributed by atoms with Crippen molar-refractivity contribution in [3.63, 3.8) is 0 Å². The van der Waals surface area contributed by atoms with E-state index >= 15 is 0 Å². The molecular weight excluding hydrogens is 592 g/mol. The number of carboxylic acid groups (broad SMARTS) is 2. The van der Waals surface area contributed by atoms with E-state index < -0.39 is 129 Å². The van der Waals surface area contributed by atoms with Gasteiger partial charge in [0, 0.05) is 6.92 Å². The summed E-state index contributed by atoms with van der Waals surface area (Å²) in [5.41, 5.74) is 5.89. The fourth-order valence-corrected chi connectivity index (χ4v) is 4.78. The second kappa shape index (κ2) is 14.8. The van der Waals surface area contributed by atoms with Gasteiger partial charge < -0.3 is 85.4 Å². The van der Waals surface area contributed by atoms with Crippen LogP contribution in [-0.4, -0.2) is 175 Å². The molecule has 3 fully saturated rings. The molecule has 20 nitrogen and oxygen atoms in total. The second-order valence-electron chi connectivity index (χ2n) is 10.4. The van der Waals surface area contributed by atoms with Crippen molar-refractivity contribution in [3.8, 4) is 0 Å². The Bertz CT molecular complexity index is 975. The number of rotatable bonds is 11. The predicted molar refractivity (Wildman–Crippen MR) is 131 cm³/mol. The topological polar surface area (TPSA) is 327 Å². The van der Waals surface area contributed by atoms with E-state index in [-0.39, 0.29) is 0 Å². The molecule has 12 N–H and O–H groups in total. The van der Waals surface area contributed by atoms with Crippen molar-refractivity contribution >= 4 is 17.8 Å². The summed E-state index contributed by atoms with van der Waals surface area (Å²) in [6.45, 7) is 1.19. The number of nitrogens with one attached hydrogen (secondary N) is 1. The maximum atomic E-state index is 12.1. The second-order valence-corrected chi connectivity index (χ2v) is 10.4. The highest BCUT2D eigenvalue weighted by Gasteiger charge is 2.56. The Labute approximate surface area is 243 Å². The van der Waals surface area contributed by atoms with Gasteiger partial charge in [0.15, 0.2) is 31.1 Å². The molecule has 16 atom stereocenters. The zero-order valence-corrected chi connectivity index (χ0v) is 22.9. The fourth-order valence-electron chi connectivity index (χ4n) is 4.78. The normalized spacial score (nSPS) is 44.4. The highest BCUT2D eigenvalue weighted by atomic mass is 16.8. The fraction of sp³-hybridized carbons (Fsp3) is 0.870. The number of hydrogen-bond donors (Lipinski definition) is 11. The van der Waals surface area contributed by atoms with Crippen molar-refractivity contribution in [1.29, 1.82) is 0 Å². The number of carbonyl (C=O) groups excluding carboxylic acids is 1. The van der Waals surface area contributed by atoms with Crippen LogP contribution in [0.1, 0.15) is 13.8 Å². The highest BCUT2D eigenvalue weighted by molar-refractivity contribution is 5.74. The summed E-state index contributed by atoms with van der Waals surface area (Å²) in [4.78, 5) is 35.5. The van der Waals surface area contributed by atoms with Gasteiger partial charge >= 0.3 is 11.9 Å². The number of ether oxygens (including phenoxy) is 6. The summed E-state index contributed by atoms with van der Waals surface area (Å²) < 4.78 is 32.0. The number of nitrogens with two attached hydrogens (primary N) is 1. The van der Waals surface area contributed by atoms with Gasteiger partial charge in [-0.1, -0.05) is 0 Å². The molecule has 3 heterocycles. The minimum atomic E-state index is -2.16. The Kier molecular flexibility index (Phi) is 12.1. The van der Waals surface area contributed by atoms with Gasteiger partial charge in [0.1, 0.15) is 48.8 Å². The molecule has 0 aromatic carbocycles. The van der Waals surface area contributed by atoms with E-state index in [2.05, 4.69) is 5.32 Å². The lowest BCUT2D eigenvalue weighted by Gasteiger charge is -2.48. The van der Waals surface area contributed by atoms with Gasteiger partial charge in [0.2, 0.25) is 5.91 Å². The maximum Gasteiger partial charge on any atom is 0.335 e. The number of aliphatic carboxylic acids is 2. The van der Waals surface area contributed by atoms with Gasteiger partial charge in [0.25, 0.3) is 0 Å². The molecule has 3 aliphatic heterocycles. The lowest BCUT2D eigenvalue weighted by Crippen LogP contribution is -2.69. The summed E-state index contributed by atoms with van der Waals surface area (Å²) in [6.07, 6.45) is -25.9. The quantitative estimate of drug-likeness (QED) is 0.101. The minimum absolute atomic E-state index is 0.631. The van der Waals surface area contributed by atoms with Crippen molar-refractivity contribution < 1.29 is 88.8 Å². The van der Waals surface area contributed by atoms with Gasteiger partial charge in [-0.15, -0.1) is 0 Å². The van der Waals surface area contributed by atoms with Crippen LogP contribution in [0.5, 0.6) is 0 Å². The average molecular weight is 631 g/mol. The van der Waals surface area contributed by atoms with Crippen molar-refractivity contribution in [2.75, 3.05) is 13.2 Å². The van der Waals surface area contributed by atoms with E-state index in [0.717, 1.165) is 6.92 Å². The molecule has 248 valence electrons. The summed E-state index contributed by atoms with van der Waals surface area (Å²) in [7, 11) is 0. The highest BCUT2D eigenvalue weighted by Crippen LogP contribution is 2.32. The van der Waals surface area contributed by atoms with E-state index in [1.165, 1.54) is 6.92 Å². The summed E-state index contributed by atoms with van der Waals surface area (Å²) in [5.74, 6) is -4.12. The Balaban J connectivity index is 1.82. The molecule has 43 heavy (non-hydrogen) atoms. The summed E-state index contributed by atoms with van der Waals surface area (Å²) in [6, 6.07) is -2.33. The number of aliphatic hydroxyl groups is 7. The molecule has 0 aromatic heterocycles. The van der Waals surface area contributed by atoms with Gasteiger partial charge in [-0.2, -0.15) is 0 Å². The number of aliphatic hydroxyl groups excluding tert-OH is 7. The molecule has 0 aliphatic carbocycles. The molecule has 0 spiro atoms. The molecule has 0 saturated carbocycles. The van der Waals surface area contributed by atoms with Crippen LogP contribution in [0, 0.1) is 0 Å². The molecule has 0 unspecified atom stereocenters. The molecule has 0 aromatic rings. The standard InChI is InChI=1S/C23H38N2O18/c1-5-8(24)10(29)9(25-6(2)27)21(39-5)41-16-11(30)12(31)23(43-18(16)20(36)37)40-15-13(32)17(19(34)35)42-22(14(15)33)38-4-7(28)3-26/h5,7-18,21-23,26,28-33H,3-4,24H2,1-2H3,(H,25,27)(H,34,35)(H,36,37)/t5-,7-,8+,9-,10+,11-,12-,13-,14-,15+,16-,17+,18+,21-,22+,23+/m1/s1. The summed E-state index contributed by atoms with van der Waals surface area (Å²) in [5, 5.41) is 93.6. The van der Waals surface area contributed by atoms with Crippen LogP contribution >= 0.6 is 0 Å². The smallest absolute Gasteiger partial charge is 0.335 e. The zero-order valence-electron chi connectivity index (χ0n) is 22.9. The Morgan fingerprint density at radius 1 is 0.814 bits per heavy atom. The Morgan fingerprint density at radius 2 is 1.40 bits per heavy atom. The van der Waals surface area contributed by atoms with Gasteiger partial charge in [0.05, 0.1) is 31.5 Å². The number of hydrogen-bond acceptors (Lipinski definition) is 17. The van der Waals surface area contributed by atoms with Crippen LogP contribution in [0.15, 0.2) is 0 Å². The van der Waals surface area contributed by atoms with Crippen LogP contribution in [0.25, 0.3) is 0 Å². The number of amides is 1. The van der Waals surface area contributed by atoms with Gasteiger partial charge in [-0.3, -0.25) is 4.79 Å². The first-order valence-electron chi connectivity index (χ1n) is 13.1. The monoisotopic (exact) mass is 630 g/mol. The van der Waals surface area contributed by atoms with Crippen molar-refractivity contribution in [2.45, 2.75) is 112 Å². The van der Waals surface area contributed by atoms with Crippen LogP contribution < -0.4 is 11.1 Å². The molecule has 3 rings (SSSR count). The lowest BCUT2D eigenvalue weighted by atomic mass is 9.94. The first kappa shape index (κ1) is 35.3. The third-order valence-electron chi connectivity index (χ3n) is 7.14. The third-order valence-corrected chi connectivity index (χ3v) is 7.14. The molecule has 3 saturated heterocycles. The van der Waals surface area contributed by atoms with E-state index in [4.69, 9.17) is 39.3 Å². The molecule has 0 bridgehead atoms. The van der Waals surface area contributed by atoms with Crippen molar-refractivity contribution in [1.82, 2.24) is 5.32 Å². The van der Waals surface area contributed by atoms with Crippen LogP contribution in [0.3, 0.4) is 0 Å². The van der Waals surface area contributed by atoms with E-state index in [1.807, 2.05) is 0 Å². The van der Waals surface area contributed by atoms with Crippen molar-refractivity contribution in [2.24, 2.45) is 5.73 Å². The number of carbonyl (C=O) groups is 3. The number of carboxylic acids is 2. The van der Waals surface area contributed by atoms with E-state index in [0.29, 0.717) is 0 Å². The van der Waals surface area contributed by atoms with Crippen LogP contribution in [0.2, 0.25) is 0 Å². The molecule has 3 aliphatic rings. The molecule has 20 heteroatoms. The van der Waals surface area contributed by atoms with Gasteiger partial charge in [-0.05, 0) is 6.92 Å². The molecule has 1 amide bonds. The minimum Gasteiger partial charge on any atom is -0.479 e. The molecular formula is C23H38N2O18. The SMILES string of the molecule is CC(=O)N[C@H]1[C@@H](O[C@@H]2[C@H](O)[C@@H](O)[C@@H](O[C@H]3[C@@H](O)[C@@H](C(=O)O)O[C@H](OC[C@H](O)CO)[C@@H]3O)O[C@@H]2C(=O)O)O[C@H](C)[C@H](N)[C@@H]1O. The predicted octanol–water partition coefficient (Wildman–Crippen LogP) is -6.87. The first-order chi connectivity index (χ1) is 20.1. The van der Waals surface area contributed by atoms with E-state index in [1.54, 1.807) is 0 Å². The average Bonchev–Trinajstić information content (AvgIpc) is 2.94. The third kappa shape index (κ3) is 7.93. The Morgan fingerprint density at radius 3 is 1.95 bits per heavy atom. The van der Waals surface area contributed by atoms with Gasteiger partial charge in [-0.25, -0.2) is 9.59 Å². The Hall–Kier alpha value is -2.15. The summed E-state index contributed by atoms with van der Waals surface area (Å²) >= 11 is 0. The maximum absolute atomic E-state index is 12.1. The van der Waals surface area contributed by atoms with Crippen molar-refractivity contribution in [3.05, 3.63) is 0 Å². The van der Waals surface area contributed by atoms with Crippen LogP contribution in [0.4, 0.5) is 0 Å². The molecule has 0 radical (unpaired) electrons.